The second-order valence-electron chi connectivity index (χ2n) is 7.55. The molecule has 4 bridgehead atoms. The lowest BCUT2D eigenvalue weighted by Gasteiger charge is -2.56. The van der Waals surface area contributed by atoms with Crippen molar-refractivity contribution < 1.29 is 9.52 Å². The summed E-state index contributed by atoms with van der Waals surface area (Å²) in [5.41, 5.74) is 0.935. The molecular formula is C17H23ClN2O2. The fraction of sp³-hybridized carbons (Fsp3) is 0.647. The summed E-state index contributed by atoms with van der Waals surface area (Å²) < 4.78 is 0.704. The van der Waals surface area contributed by atoms with Gasteiger partial charge in [-0.15, -0.1) is 12.4 Å². The molecule has 22 heavy (non-hydrogen) atoms. The second-order valence-corrected chi connectivity index (χ2v) is 7.55. The summed E-state index contributed by atoms with van der Waals surface area (Å²) in [4.78, 5) is 12.2. The Labute approximate surface area is 137 Å². The van der Waals surface area contributed by atoms with Gasteiger partial charge in [0.25, 0.3) is 5.91 Å². The van der Waals surface area contributed by atoms with Gasteiger partial charge in [-0.2, -0.15) is 4.73 Å². The maximum atomic E-state index is 12.2. The number of hydrogen-bond acceptors (Lipinski definition) is 2. The third-order valence-corrected chi connectivity index (χ3v) is 5.85. The van der Waals surface area contributed by atoms with Crippen molar-refractivity contribution in [1.82, 2.24) is 5.32 Å². The van der Waals surface area contributed by atoms with Gasteiger partial charge in [-0.25, -0.2) is 0 Å². The Hall–Kier alpha value is -1.29. The summed E-state index contributed by atoms with van der Waals surface area (Å²) >= 11 is 0. The van der Waals surface area contributed by atoms with Crippen molar-refractivity contribution in [2.75, 3.05) is 6.54 Å². The molecule has 1 amide bonds. The maximum absolute atomic E-state index is 12.2. The first kappa shape index (κ1) is 15.6. The third-order valence-electron chi connectivity index (χ3n) is 5.85. The van der Waals surface area contributed by atoms with Crippen LogP contribution in [-0.2, 0) is 0 Å². The molecule has 0 saturated heterocycles. The molecule has 4 nitrogen and oxygen atoms in total. The van der Waals surface area contributed by atoms with Gasteiger partial charge in [-0.05, 0) is 61.7 Å². The van der Waals surface area contributed by atoms with E-state index in [-0.39, 0.29) is 18.3 Å². The second kappa shape index (κ2) is 5.73. The molecule has 1 aromatic rings. The first-order chi connectivity index (χ1) is 10.1. The molecule has 1 N–H and O–H groups in total. The third kappa shape index (κ3) is 2.81. The number of amides is 1. The molecule has 1 aromatic heterocycles. The van der Waals surface area contributed by atoms with Crippen molar-refractivity contribution in [3.63, 3.8) is 0 Å². The zero-order valence-electron chi connectivity index (χ0n) is 12.7. The minimum Gasteiger partial charge on any atom is -0.619 e. The highest BCUT2D eigenvalue weighted by molar-refractivity contribution is 5.93. The molecule has 5 rings (SSSR count). The van der Waals surface area contributed by atoms with Gasteiger partial charge in [0.15, 0.2) is 12.4 Å². The van der Waals surface area contributed by atoms with Crippen molar-refractivity contribution in [2.24, 2.45) is 23.2 Å². The SMILES string of the molecule is Cl.O=C(NCC12CC3CC(CC(C3)C1)C2)c1cc[n+]([O-])cc1. The quantitative estimate of drug-likeness (QED) is 0.687. The van der Waals surface area contributed by atoms with E-state index in [0.717, 1.165) is 24.3 Å². The maximum Gasteiger partial charge on any atom is 0.251 e. The average molecular weight is 323 g/mol. The average Bonchev–Trinajstić information content (AvgIpc) is 2.44. The molecule has 4 fully saturated rings. The first-order valence-corrected chi connectivity index (χ1v) is 8.09. The van der Waals surface area contributed by atoms with Gasteiger partial charge in [0.2, 0.25) is 0 Å². The van der Waals surface area contributed by atoms with E-state index in [1.165, 1.54) is 50.9 Å². The van der Waals surface area contributed by atoms with Crippen LogP contribution in [0.2, 0.25) is 0 Å². The van der Waals surface area contributed by atoms with Gasteiger partial charge in [0.05, 0.1) is 5.56 Å². The lowest BCUT2D eigenvalue weighted by atomic mass is 9.49. The van der Waals surface area contributed by atoms with Crippen LogP contribution in [0.4, 0.5) is 0 Å². The minimum absolute atomic E-state index is 0. The Kier molecular flexibility index (Phi) is 4.06. The number of carbonyl (C=O) groups is 1. The molecule has 0 atom stereocenters. The smallest absolute Gasteiger partial charge is 0.251 e. The molecule has 1 heterocycles. The van der Waals surface area contributed by atoms with E-state index in [1.54, 1.807) is 12.1 Å². The van der Waals surface area contributed by atoms with Crippen molar-refractivity contribution in [1.29, 1.82) is 0 Å². The van der Waals surface area contributed by atoms with Crippen molar-refractivity contribution in [3.8, 4) is 0 Å². The van der Waals surface area contributed by atoms with Crippen LogP contribution in [0.1, 0.15) is 48.9 Å². The van der Waals surface area contributed by atoms with Gasteiger partial charge in [-0.1, -0.05) is 0 Å². The van der Waals surface area contributed by atoms with Gasteiger partial charge in [0.1, 0.15) is 0 Å². The molecule has 4 aliphatic rings. The molecule has 0 spiro atoms. The highest BCUT2D eigenvalue weighted by Crippen LogP contribution is 2.59. The standard InChI is InChI=1S/C17H22N2O2.ClH/c20-16(15-1-3-19(21)4-2-15)18-11-17-8-12-5-13(9-17)7-14(6-12)10-17;/h1-4,12-14H,5-11H2,(H,18,20);1H. The first-order valence-electron chi connectivity index (χ1n) is 8.09. The minimum atomic E-state index is -0.0497. The number of nitrogens with zero attached hydrogens (tertiary/aromatic N) is 1. The topological polar surface area (TPSA) is 56.0 Å². The molecule has 0 unspecified atom stereocenters. The van der Waals surface area contributed by atoms with Gasteiger partial charge in [-0.3, -0.25) is 4.79 Å². The molecular weight excluding hydrogens is 300 g/mol. The van der Waals surface area contributed by atoms with E-state index in [2.05, 4.69) is 5.32 Å². The van der Waals surface area contributed by atoms with Crippen LogP contribution in [0.25, 0.3) is 0 Å². The molecule has 0 aromatic carbocycles. The van der Waals surface area contributed by atoms with Crippen molar-refractivity contribution in [2.45, 2.75) is 38.5 Å². The number of rotatable bonds is 3. The summed E-state index contributed by atoms with van der Waals surface area (Å²) in [6, 6.07) is 3.17. The van der Waals surface area contributed by atoms with E-state index in [4.69, 9.17) is 0 Å². The monoisotopic (exact) mass is 322 g/mol. The zero-order chi connectivity index (χ0) is 14.4. The van der Waals surface area contributed by atoms with E-state index < -0.39 is 0 Å². The highest BCUT2D eigenvalue weighted by atomic mass is 35.5. The van der Waals surface area contributed by atoms with Crippen LogP contribution in [0.3, 0.4) is 0 Å². The van der Waals surface area contributed by atoms with Crippen LogP contribution in [-0.4, -0.2) is 12.5 Å². The lowest BCUT2D eigenvalue weighted by Crippen LogP contribution is -2.51. The largest absolute Gasteiger partial charge is 0.619 e. The van der Waals surface area contributed by atoms with E-state index >= 15 is 0 Å². The molecule has 4 aliphatic carbocycles. The Morgan fingerprint density at radius 3 is 2.14 bits per heavy atom. The predicted octanol–water partition coefficient (Wildman–Crippen LogP) is 2.69. The molecule has 0 radical (unpaired) electrons. The van der Waals surface area contributed by atoms with Crippen LogP contribution in [0, 0.1) is 28.4 Å². The van der Waals surface area contributed by atoms with Gasteiger partial charge in [0, 0.05) is 18.7 Å². The number of hydrogen-bond donors (Lipinski definition) is 1. The summed E-state index contributed by atoms with van der Waals surface area (Å²) in [5, 5.41) is 14.1. The number of halogens is 1. The van der Waals surface area contributed by atoms with Gasteiger partial charge < -0.3 is 10.5 Å². The lowest BCUT2D eigenvalue weighted by molar-refractivity contribution is -0.605. The molecule has 4 saturated carbocycles. The van der Waals surface area contributed by atoms with E-state index in [1.807, 2.05) is 0 Å². The Morgan fingerprint density at radius 2 is 1.64 bits per heavy atom. The van der Waals surface area contributed by atoms with Gasteiger partial charge >= 0.3 is 0 Å². The zero-order valence-corrected chi connectivity index (χ0v) is 13.5. The Morgan fingerprint density at radius 1 is 1.14 bits per heavy atom. The van der Waals surface area contributed by atoms with Crippen LogP contribution < -0.4 is 10.0 Å². The van der Waals surface area contributed by atoms with Crippen LogP contribution in [0.15, 0.2) is 24.5 Å². The van der Waals surface area contributed by atoms with Crippen LogP contribution >= 0.6 is 12.4 Å². The fourth-order valence-electron chi connectivity index (χ4n) is 5.44. The summed E-state index contributed by atoms with van der Waals surface area (Å²) in [6.07, 6.45) is 10.9. The predicted molar refractivity (Wildman–Crippen MR) is 85.6 cm³/mol. The molecule has 120 valence electrons. The highest BCUT2D eigenvalue weighted by Gasteiger charge is 2.50. The van der Waals surface area contributed by atoms with E-state index in [0.29, 0.717) is 15.7 Å². The van der Waals surface area contributed by atoms with E-state index in [9.17, 15) is 10.0 Å². The molecule has 5 heteroatoms. The fourth-order valence-corrected chi connectivity index (χ4v) is 5.44. The summed E-state index contributed by atoms with van der Waals surface area (Å²) in [5.74, 6) is 2.67. The number of carbonyl (C=O) groups excluding carboxylic acids is 1. The summed E-state index contributed by atoms with van der Waals surface area (Å²) in [6.45, 7) is 0.807. The van der Waals surface area contributed by atoms with Crippen LogP contribution in [0.5, 0.6) is 0 Å². The number of pyridine rings is 1. The Balaban J connectivity index is 0.00000144. The number of aromatic nitrogens is 1. The normalized spacial score (nSPS) is 35.0. The van der Waals surface area contributed by atoms with Crippen molar-refractivity contribution in [3.05, 3.63) is 35.3 Å². The Bertz CT molecular complexity index is 523. The number of nitrogens with one attached hydrogen (secondary N) is 1. The molecule has 0 aliphatic heterocycles. The van der Waals surface area contributed by atoms with Crippen molar-refractivity contribution >= 4 is 18.3 Å². The summed E-state index contributed by atoms with van der Waals surface area (Å²) in [7, 11) is 0.